The maximum Gasteiger partial charge on any atom is 0.266 e. The molecule has 146 valence electrons. The fourth-order valence-electron chi connectivity index (χ4n) is 2.94. The van der Waals surface area contributed by atoms with Crippen molar-refractivity contribution in [1.82, 2.24) is 4.90 Å². The predicted octanol–water partition coefficient (Wildman–Crippen LogP) is 5.71. The number of rotatable bonds is 5. The molecule has 1 aliphatic heterocycles. The van der Waals surface area contributed by atoms with Crippen molar-refractivity contribution in [2.24, 2.45) is 4.99 Å². The Kier molecular flexibility index (Phi) is 6.25. The number of carbonyl (C=O) groups excluding carboxylic acids is 1. The number of carbonyl (C=O) groups is 1. The summed E-state index contributed by atoms with van der Waals surface area (Å²) in [7, 11) is 1.66. The van der Waals surface area contributed by atoms with Gasteiger partial charge in [0.15, 0.2) is 5.17 Å². The summed E-state index contributed by atoms with van der Waals surface area (Å²) >= 11 is 1.43. The molecule has 2 aromatic carbocycles. The van der Waals surface area contributed by atoms with Crippen LogP contribution in [-0.4, -0.2) is 29.1 Å². The van der Waals surface area contributed by atoms with Gasteiger partial charge in [0, 0.05) is 6.04 Å². The molecule has 1 amide bonds. The molecular weight excluding hydrogens is 368 g/mol. The van der Waals surface area contributed by atoms with Crippen LogP contribution < -0.4 is 4.74 Å². The van der Waals surface area contributed by atoms with E-state index in [0.717, 1.165) is 34.2 Å². The van der Waals surface area contributed by atoms with Gasteiger partial charge in [-0.2, -0.15) is 0 Å². The second-order valence-corrected chi connectivity index (χ2v) is 8.01. The van der Waals surface area contributed by atoms with E-state index in [4.69, 9.17) is 9.73 Å². The maximum absolute atomic E-state index is 13.1. The number of amidine groups is 1. The van der Waals surface area contributed by atoms with Gasteiger partial charge >= 0.3 is 0 Å². The molecule has 0 aromatic heterocycles. The molecule has 1 saturated heterocycles. The Hall–Kier alpha value is -2.53. The Bertz CT molecular complexity index is 932. The van der Waals surface area contributed by atoms with Crippen molar-refractivity contribution in [2.75, 3.05) is 7.11 Å². The first-order valence-corrected chi connectivity index (χ1v) is 10.3. The van der Waals surface area contributed by atoms with Crippen LogP contribution in [0.2, 0.25) is 0 Å². The number of methoxy groups -OCH3 is 1. The van der Waals surface area contributed by atoms with Crippen molar-refractivity contribution in [3.05, 3.63) is 64.1 Å². The van der Waals surface area contributed by atoms with Crippen LogP contribution in [0.1, 0.15) is 37.0 Å². The monoisotopic (exact) mass is 394 g/mol. The van der Waals surface area contributed by atoms with Crippen LogP contribution in [0.5, 0.6) is 5.75 Å². The van der Waals surface area contributed by atoms with Gasteiger partial charge in [-0.05, 0) is 74.4 Å². The van der Waals surface area contributed by atoms with Crippen molar-refractivity contribution in [1.29, 1.82) is 0 Å². The second-order valence-electron chi connectivity index (χ2n) is 7.00. The predicted molar refractivity (Wildman–Crippen MR) is 118 cm³/mol. The largest absolute Gasteiger partial charge is 0.496 e. The van der Waals surface area contributed by atoms with Crippen molar-refractivity contribution in [2.45, 2.75) is 40.2 Å². The highest BCUT2D eigenvalue weighted by atomic mass is 32.2. The molecule has 1 fully saturated rings. The topological polar surface area (TPSA) is 41.9 Å². The number of aliphatic imine (C=N–C) groups is 1. The maximum atomic E-state index is 13.1. The van der Waals surface area contributed by atoms with E-state index in [9.17, 15) is 4.79 Å². The van der Waals surface area contributed by atoms with E-state index in [1.165, 1.54) is 17.3 Å². The molecule has 0 radical (unpaired) electrons. The Morgan fingerprint density at radius 3 is 2.54 bits per heavy atom. The quantitative estimate of drug-likeness (QED) is 0.610. The molecule has 4 nitrogen and oxygen atoms in total. The Labute approximate surface area is 171 Å². The molecule has 0 N–H and O–H groups in total. The third-order valence-corrected chi connectivity index (χ3v) is 5.84. The number of nitrogens with zero attached hydrogens (tertiary/aromatic N) is 2. The summed E-state index contributed by atoms with van der Waals surface area (Å²) in [6.45, 7) is 8.19. The van der Waals surface area contributed by atoms with Crippen molar-refractivity contribution < 1.29 is 9.53 Å². The van der Waals surface area contributed by atoms with Gasteiger partial charge in [-0.15, -0.1) is 0 Å². The number of amides is 1. The molecule has 0 aliphatic carbocycles. The van der Waals surface area contributed by atoms with E-state index in [-0.39, 0.29) is 11.9 Å². The standard InChI is InChI=1S/C23H26N2O2S/c1-6-17(4)25-22(26)21(14-18-10-9-16(3)20(13-18)27-5)28-23(25)24-19-11-7-15(2)8-12-19/h7-14,17H,6H2,1-5H3/b21-14+,24-23?/t17-/m0/s1. The van der Waals surface area contributed by atoms with Crippen LogP contribution in [0.25, 0.3) is 6.08 Å². The van der Waals surface area contributed by atoms with E-state index in [1.54, 1.807) is 7.11 Å². The molecule has 28 heavy (non-hydrogen) atoms. The van der Waals surface area contributed by atoms with Crippen molar-refractivity contribution in [3.8, 4) is 5.75 Å². The van der Waals surface area contributed by atoms with Crippen LogP contribution in [0, 0.1) is 13.8 Å². The molecule has 3 rings (SSSR count). The first-order chi connectivity index (χ1) is 13.4. The van der Waals surface area contributed by atoms with E-state index in [1.807, 2.05) is 67.3 Å². The summed E-state index contributed by atoms with van der Waals surface area (Å²) in [5.41, 5.74) is 4.05. The SMILES string of the molecule is CC[C@H](C)N1C(=O)/C(=C\c2ccc(C)c(OC)c2)SC1=Nc1ccc(C)cc1. The zero-order valence-corrected chi connectivity index (χ0v) is 17.8. The molecule has 1 heterocycles. The fraction of sp³-hybridized carbons (Fsp3) is 0.304. The van der Waals surface area contributed by atoms with Gasteiger partial charge in [0.2, 0.25) is 0 Å². The van der Waals surface area contributed by atoms with Crippen LogP contribution in [0.4, 0.5) is 5.69 Å². The lowest BCUT2D eigenvalue weighted by Crippen LogP contribution is -2.36. The van der Waals surface area contributed by atoms with Crippen molar-refractivity contribution >= 4 is 34.6 Å². The number of hydrogen-bond donors (Lipinski definition) is 0. The summed E-state index contributed by atoms with van der Waals surface area (Å²) in [6.07, 6.45) is 2.78. The van der Waals surface area contributed by atoms with Gasteiger partial charge in [0.1, 0.15) is 5.75 Å². The molecule has 1 aliphatic rings. The highest BCUT2D eigenvalue weighted by Gasteiger charge is 2.36. The highest BCUT2D eigenvalue weighted by molar-refractivity contribution is 8.18. The number of benzene rings is 2. The molecule has 2 aromatic rings. The van der Waals surface area contributed by atoms with Crippen LogP contribution in [0.15, 0.2) is 52.4 Å². The average molecular weight is 395 g/mol. The fourth-order valence-corrected chi connectivity index (χ4v) is 4.03. The van der Waals surface area contributed by atoms with E-state index < -0.39 is 0 Å². The normalized spacial score (nSPS) is 18.2. The number of thioether (sulfide) groups is 1. The minimum Gasteiger partial charge on any atom is -0.496 e. The van der Waals surface area contributed by atoms with Gasteiger partial charge in [-0.1, -0.05) is 36.8 Å². The summed E-state index contributed by atoms with van der Waals surface area (Å²) in [5.74, 6) is 0.821. The molecule has 5 heteroatoms. The lowest BCUT2D eigenvalue weighted by atomic mass is 10.1. The van der Waals surface area contributed by atoms with Gasteiger partial charge in [-0.25, -0.2) is 4.99 Å². The minimum absolute atomic E-state index is 0.00440. The van der Waals surface area contributed by atoms with E-state index in [0.29, 0.717) is 4.91 Å². The highest BCUT2D eigenvalue weighted by Crippen LogP contribution is 2.36. The summed E-state index contributed by atoms with van der Waals surface area (Å²) in [6, 6.07) is 14.1. The summed E-state index contributed by atoms with van der Waals surface area (Å²) in [5, 5.41) is 0.730. The second kappa shape index (κ2) is 8.65. The first kappa shape index (κ1) is 20.2. The van der Waals surface area contributed by atoms with Crippen LogP contribution >= 0.6 is 11.8 Å². The van der Waals surface area contributed by atoms with Crippen LogP contribution in [-0.2, 0) is 4.79 Å². The third-order valence-electron chi connectivity index (χ3n) is 4.86. The molecular formula is C23H26N2O2S. The number of ether oxygens (including phenoxy) is 1. The Morgan fingerprint density at radius 2 is 1.89 bits per heavy atom. The summed E-state index contributed by atoms with van der Waals surface area (Å²) in [4.78, 5) is 20.4. The molecule has 1 atom stereocenters. The van der Waals surface area contributed by atoms with E-state index >= 15 is 0 Å². The van der Waals surface area contributed by atoms with Gasteiger partial charge in [0.25, 0.3) is 5.91 Å². The number of hydrogen-bond acceptors (Lipinski definition) is 4. The molecule has 0 bridgehead atoms. The lowest BCUT2D eigenvalue weighted by molar-refractivity contribution is -0.123. The molecule has 0 saturated carbocycles. The van der Waals surface area contributed by atoms with Gasteiger partial charge in [0.05, 0.1) is 17.7 Å². The Balaban J connectivity index is 1.98. The molecule has 0 spiro atoms. The minimum atomic E-state index is 0.00440. The van der Waals surface area contributed by atoms with Crippen molar-refractivity contribution in [3.63, 3.8) is 0 Å². The zero-order chi connectivity index (χ0) is 20.3. The number of aryl methyl sites for hydroxylation is 2. The Morgan fingerprint density at radius 1 is 1.18 bits per heavy atom. The van der Waals surface area contributed by atoms with Gasteiger partial charge in [-0.3, -0.25) is 9.69 Å². The first-order valence-electron chi connectivity index (χ1n) is 9.46. The van der Waals surface area contributed by atoms with Crippen LogP contribution in [0.3, 0.4) is 0 Å². The van der Waals surface area contributed by atoms with Gasteiger partial charge < -0.3 is 4.74 Å². The third kappa shape index (κ3) is 4.30. The smallest absolute Gasteiger partial charge is 0.266 e. The molecule has 0 unspecified atom stereocenters. The summed E-state index contributed by atoms with van der Waals surface area (Å²) < 4.78 is 5.41. The lowest BCUT2D eigenvalue weighted by Gasteiger charge is -2.22. The average Bonchev–Trinajstić information content (AvgIpc) is 2.99. The zero-order valence-electron chi connectivity index (χ0n) is 17.0. The van der Waals surface area contributed by atoms with E-state index in [2.05, 4.69) is 13.8 Å².